The summed E-state index contributed by atoms with van der Waals surface area (Å²) >= 11 is 0. The average molecular weight is 146 g/mol. The van der Waals surface area contributed by atoms with Crippen LogP contribution in [0.4, 0.5) is 0 Å². The molecule has 0 N–H and O–H groups in total. The molecular formula is C8H18O2. The second-order valence-electron chi connectivity index (χ2n) is 2.85. The summed E-state index contributed by atoms with van der Waals surface area (Å²) in [6.07, 6.45) is 2.24. The van der Waals surface area contributed by atoms with Gasteiger partial charge < -0.3 is 0 Å². The van der Waals surface area contributed by atoms with Crippen molar-refractivity contribution in [3.63, 3.8) is 0 Å². The molecule has 0 fully saturated rings. The van der Waals surface area contributed by atoms with E-state index in [2.05, 4.69) is 20.8 Å². The maximum absolute atomic E-state index is 4.90. The quantitative estimate of drug-likeness (QED) is 0.325. The van der Waals surface area contributed by atoms with E-state index in [-0.39, 0.29) is 0 Å². The van der Waals surface area contributed by atoms with E-state index in [1.165, 1.54) is 0 Å². The molecule has 0 aromatic heterocycles. The van der Waals surface area contributed by atoms with Gasteiger partial charge in [0.25, 0.3) is 0 Å². The van der Waals surface area contributed by atoms with E-state index in [0.717, 1.165) is 19.4 Å². The lowest BCUT2D eigenvalue weighted by atomic mass is 10.2. The third-order valence-corrected chi connectivity index (χ3v) is 1.07. The van der Waals surface area contributed by atoms with Gasteiger partial charge in [-0.25, -0.2) is 9.78 Å². The van der Waals surface area contributed by atoms with Crippen LogP contribution in [-0.2, 0) is 9.78 Å². The zero-order valence-electron chi connectivity index (χ0n) is 7.22. The van der Waals surface area contributed by atoms with Gasteiger partial charge in [0.15, 0.2) is 0 Å². The highest BCUT2D eigenvalue weighted by Gasteiger charge is 1.92. The first-order valence-corrected chi connectivity index (χ1v) is 4.01. The summed E-state index contributed by atoms with van der Waals surface area (Å²) in [5.41, 5.74) is 0. The summed E-state index contributed by atoms with van der Waals surface area (Å²) < 4.78 is 0. The Morgan fingerprint density at radius 3 is 2.40 bits per heavy atom. The molecule has 2 heteroatoms. The Morgan fingerprint density at radius 1 is 1.20 bits per heavy atom. The normalized spacial score (nSPS) is 10.8. The molecule has 0 aromatic carbocycles. The van der Waals surface area contributed by atoms with Crippen molar-refractivity contribution in [2.45, 2.75) is 33.6 Å². The van der Waals surface area contributed by atoms with E-state index in [4.69, 9.17) is 9.78 Å². The molecule has 0 bridgehead atoms. The molecule has 0 aromatic rings. The first-order valence-electron chi connectivity index (χ1n) is 4.01. The molecule has 10 heavy (non-hydrogen) atoms. The second kappa shape index (κ2) is 7.03. The number of unbranched alkanes of at least 4 members (excludes halogenated alkanes) is 1. The Hall–Kier alpha value is -0.0800. The van der Waals surface area contributed by atoms with Gasteiger partial charge in [-0.2, -0.15) is 0 Å². The van der Waals surface area contributed by atoms with E-state index in [1.54, 1.807) is 0 Å². The molecule has 0 spiro atoms. The first kappa shape index (κ1) is 9.92. The topological polar surface area (TPSA) is 18.5 Å². The third kappa shape index (κ3) is 7.92. The Kier molecular flexibility index (Phi) is 6.98. The van der Waals surface area contributed by atoms with E-state index in [0.29, 0.717) is 12.5 Å². The van der Waals surface area contributed by atoms with Gasteiger partial charge in [0, 0.05) is 0 Å². The van der Waals surface area contributed by atoms with Crippen LogP contribution in [0.15, 0.2) is 0 Å². The minimum Gasteiger partial charge on any atom is -0.237 e. The van der Waals surface area contributed by atoms with Crippen molar-refractivity contribution in [2.24, 2.45) is 5.92 Å². The van der Waals surface area contributed by atoms with Crippen molar-refractivity contribution in [2.75, 3.05) is 13.2 Å². The first-order chi connectivity index (χ1) is 4.77. The van der Waals surface area contributed by atoms with Gasteiger partial charge in [0.1, 0.15) is 0 Å². The van der Waals surface area contributed by atoms with Crippen LogP contribution in [0.3, 0.4) is 0 Å². The molecule has 0 heterocycles. The molecule has 0 aliphatic carbocycles. The van der Waals surface area contributed by atoms with Crippen LogP contribution in [-0.4, -0.2) is 13.2 Å². The van der Waals surface area contributed by atoms with Crippen molar-refractivity contribution in [1.29, 1.82) is 0 Å². The number of hydrogen-bond acceptors (Lipinski definition) is 2. The molecule has 0 amide bonds. The molecule has 0 rings (SSSR count). The fourth-order valence-corrected chi connectivity index (χ4v) is 0.446. The Morgan fingerprint density at radius 2 is 1.90 bits per heavy atom. The molecule has 0 radical (unpaired) electrons. The highest BCUT2D eigenvalue weighted by atomic mass is 17.2. The van der Waals surface area contributed by atoms with Crippen LogP contribution < -0.4 is 0 Å². The van der Waals surface area contributed by atoms with E-state index in [9.17, 15) is 0 Å². The summed E-state index contributed by atoms with van der Waals surface area (Å²) in [5, 5.41) is 0. The number of rotatable bonds is 6. The van der Waals surface area contributed by atoms with Gasteiger partial charge in [-0.1, -0.05) is 27.2 Å². The van der Waals surface area contributed by atoms with Crippen LogP contribution >= 0.6 is 0 Å². The van der Waals surface area contributed by atoms with Gasteiger partial charge in [0.2, 0.25) is 0 Å². The van der Waals surface area contributed by atoms with E-state index >= 15 is 0 Å². The lowest BCUT2D eigenvalue weighted by Gasteiger charge is -2.04. The van der Waals surface area contributed by atoms with Crippen LogP contribution in [0.2, 0.25) is 0 Å². The van der Waals surface area contributed by atoms with Crippen LogP contribution in [0.1, 0.15) is 33.6 Å². The van der Waals surface area contributed by atoms with Gasteiger partial charge >= 0.3 is 0 Å². The van der Waals surface area contributed by atoms with E-state index < -0.39 is 0 Å². The molecule has 0 saturated heterocycles. The number of hydrogen-bond donors (Lipinski definition) is 0. The predicted octanol–water partition coefficient (Wildman–Crippen LogP) is 2.39. The summed E-state index contributed by atoms with van der Waals surface area (Å²) in [5.74, 6) is 0.557. The maximum Gasteiger partial charge on any atom is 0.0845 e. The Labute approximate surface area is 63.5 Å². The summed E-state index contributed by atoms with van der Waals surface area (Å²) in [4.78, 5) is 9.78. The van der Waals surface area contributed by atoms with Gasteiger partial charge in [-0.15, -0.1) is 0 Å². The minimum atomic E-state index is 0.557. The largest absolute Gasteiger partial charge is 0.237 e. The fourth-order valence-electron chi connectivity index (χ4n) is 0.446. The van der Waals surface area contributed by atoms with Gasteiger partial charge in [0.05, 0.1) is 13.2 Å². The molecule has 62 valence electrons. The lowest BCUT2D eigenvalue weighted by Crippen LogP contribution is -2.03. The molecule has 0 atom stereocenters. The maximum atomic E-state index is 4.90. The van der Waals surface area contributed by atoms with Crippen molar-refractivity contribution >= 4 is 0 Å². The SMILES string of the molecule is CCCCOOCC(C)C. The highest BCUT2D eigenvalue weighted by molar-refractivity contribution is 4.35. The van der Waals surface area contributed by atoms with Gasteiger partial charge in [-0.3, -0.25) is 0 Å². The van der Waals surface area contributed by atoms with Gasteiger partial charge in [-0.05, 0) is 12.3 Å². The summed E-state index contributed by atoms with van der Waals surface area (Å²) in [6.45, 7) is 7.76. The highest BCUT2D eigenvalue weighted by Crippen LogP contribution is 1.94. The Bertz CT molecular complexity index is 62.3. The molecule has 2 nitrogen and oxygen atoms in total. The van der Waals surface area contributed by atoms with Crippen molar-refractivity contribution < 1.29 is 9.78 Å². The zero-order valence-corrected chi connectivity index (χ0v) is 7.22. The predicted molar refractivity (Wildman–Crippen MR) is 41.7 cm³/mol. The second-order valence-corrected chi connectivity index (χ2v) is 2.85. The summed E-state index contributed by atoms with van der Waals surface area (Å²) in [7, 11) is 0. The average Bonchev–Trinajstić information content (AvgIpc) is 1.87. The zero-order chi connectivity index (χ0) is 7.82. The van der Waals surface area contributed by atoms with Crippen molar-refractivity contribution in [3.05, 3.63) is 0 Å². The molecule has 0 aliphatic heterocycles. The standard InChI is InChI=1S/C8H18O2/c1-4-5-6-9-10-7-8(2)3/h8H,4-7H2,1-3H3. The minimum absolute atomic E-state index is 0.557. The van der Waals surface area contributed by atoms with Crippen LogP contribution in [0.25, 0.3) is 0 Å². The monoisotopic (exact) mass is 146 g/mol. The molecular weight excluding hydrogens is 128 g/mol. The molecule has 0 saturated carbocycles. The lowest BCUT2D eigenvalue weighted by molar-refractivity contribution is -0.300. The third-order valence-electron chi connectivity index (χ3n) is 1.07. The van der Waals surface area contributed by atoms with Crippen molar-refractivity contribution in [3.8, 4) is 0 Å². The smallest absolute Gasteiger partial charge is 0.0845 e. The van der Waals surface area contributed by atoms with E-state index in [1.807, 2.05) is 0 Å². The fraction of sp³-hybridized carbons (Fsp3) is 1.00. The summed E-state index contributed by atoms with van der Waals surface area (Å²) in [6, 6.07) is 0. The molecule has 0 aliphatic rings. The van der Waals surface area contributed by atoms with Crippen LogP contribution in [0.5, 0.6) is 0 Å². The molecule has 0 unspecified atom stereocenters. The Balaban J connectivity index is 2.77. The van der Waals surface area contributed by atoms with Crippen LogP contribution in [0, 0.1) is 5.92 Å². The van der Waals surface area contributed by atoms with Crippen molar-refractivity contribution in [1.82, 2.24) is 0 Å².